The van der Waals surface area contributed by atoms with Crippen molar-refractivity contribution in [2.45, 2.75) is 38.5 Å². The molecular formula is C17H21ClN2O. The number of rotatable bonds is 2. The van der Waals surface area contributed by atoms with Gasteiger partial charge in [-0.25, -0.2) is 10.9 Å². The van der Waals surface area contributed by atoms with Crippen LogP contribution in [0.15, 0.2) is 24.3 Å². The van der Waals surface area contributed by atoms with Gasteiger partial charge in [0.25, 0.3) is 0 Å². The number of nitrogens with two attached hydrogens (primary N) is 1. The molecule has 0 saturated heterocycles. The molecule has 0 unspecified atom stereocenters. The van der Waals surface area contributed by atoms with E-state index in [4.69, 9.17) is 17.4 Å². The maximum Gasteiger partial charge on any atom is 0.247 e. The van der Waals surface area contributed by atoms with E-state index in [9.17, 15) is 4.79 Å². The molecule has 1 aromatic carbocycles. The first kappa shape index (κ1) is 13.6. The summed E-state index contributed by atoms with van der Waals surface area (Å²) >= 11 is 6.20. The van der Waals surface area contributed by atoms with Crippen molar-refractivity contribution in [2.75, 3.05) is 5.01 Å². The van der Waals surface area contributed by atoms with Gasteiger partial charge < -0.3 is 0 Å². The molecule has 4 aliphatic carbocycles. The van der Waals surface area contributed by atoms with E-state index >= 15 is 0 Å². The monoisotopic (exact) mass is 304 g/mol. The molecule has 0 spiro atoms. The van der Waals surface area contributed by atoms with Crippen LogP contribution in [0.1, 0.15) is 38.5 Å². The van der Waals surface area contributed by atoms with E-state index < -0.39 is 0 Å². The maximum absolute atomic E-state index is 13.1. The molecule has 0 aromatic heterocycles. The zero-order valence-electron chi connectivity index (χ0n) is 12.1. The standard InChI is InChI=1S/C17H21ClN2O/c18-14-3-1-2-4-15(14)20(19)16(21)17-8-11-5-12(9-17)7-13(6-11)10-17/h1-4,11-13H,5-10,19H2. The first-order chi connectivity index (χ1) is 10.1. The summed E-state index contributed by atoms with van der Waals surface area (Å²) < 4.78 is 0. The van der Waals surface area contributed by atoms with Crippen LogP contribution in [0.5, 0.6) is 0 Å². The number of halogens is 1. The van der Waals surface area contributed by atoms with E-state index in [0.29, 0.717) is 10.7 Å². The van der Waals surface area contributed by atoms with Gasteiger partial charge in [0, 0.05) is 0 Å². The summed E-state index contributed by atoms with van der Waals surface area (Å²) in [4.78, 5) is 13.1. The van der Waals surface area contributed by atoms with Crippen LogP contribution in [-0.2, 0) is 4.79 Å². The molecule has 5 rings (SSSR count). The molecule has 4 bridgehead atoms. The Hall–Kier alpha value is -1.06. The number of carbonyl (C=O) groups is 1. The fourth-order valence-corrected chi connectivity index (χ4v) is 5.61. The van der Waals surface area contributed by atoms with Crippen LogP contribution in [-0.4, -0.2) is 5.91 Å². The third kappa shape index (κ3) is 2.09. The summed E-state index contributed by atoms with van der Waals surface area (Å²) in [6.45, 7) is 0. The SMILES string of the molecule is NN(C(=O)C12CC3CC(CC(C3)C1)C2)c1ccccc1Cl. The van der Waals surface area contributed by atoms with Gasteiger partial charge in [-0.2, -0.15) is 0 Å². The summed E-state index contributed by atoms with van der Waals surface area (Å²) in [5, 5.41) is 1.85. The molecule has 1 amide bonds. The van der Waals surface area contributed by atoms with E-state index in [0.717, 1.165) is 37.0 Å². The van der Waals surface area contributed by atoms with Crippen LogP contribution in [0, 0.1) is 23.2 Å². The second kappa shape index (κ2) is 4.72. The number of carbonyl (C=O) groups excluding carboxylic acids is 1. The lowest BCUT2D eigenvalue weighted by molar-refractivity contribution is -0.143. The Morgan fingerprint density at radius 3 is 2.14 bits per heavy atom. The van der Waals surface area contributed by atoms with Crippen molar-refractivity contribution in [1.82, 2.24) is 0 Å². The summed E-state index contributed by atoms with van der Waals surface area (Å²) in [5.41, 5.74) is 0.405. The second-order valence-electron chi connectivity index (χ2n) is 7.32. The average Bonchev–Trinajstić information content (AvgIpc) is 2.45. The lowest BCUT2D eigenvalue weighted by Crippen LogP contribution is -2.56. The predicted octanol–water partition coefficient (Wildman–Crippen LogP) is 3.76. The highest BCUT2D eigenvalue weighted by Gasteiger charge is 2.55. The molecule has 2 N–H and O–H groups in total. The lowest BCUT2D eigenvalue weighted by Gasteiger charge is -2.56. The van der Waals surface area contributed by atoms with E-state index in [1.165, 1.54) is 24.3 Å². The number of hydrogen-bond acceptors (Lipinski definition) is 2. The van der Waals surface area contributed by atoms with Crippen molar-refractivity contribution in [3.63, 3.8) is 0 Å². The van der Waals surface area contributed by atoms with E-state index in [1.807, 2.05) is 18.2 Å². The van der Waals surface area contributed by atoms with Crippen molar-refractivity contribution in [1.29, 1.82) is 0 Å². The highest BCUT2D eigenvalue weighted by atomic mass is 35.5. The van der Waals surface area contributed by atoms with Gasteiger partial charge in [0.05, 0.1) is 16.1 Å². The van der Waals surface area contributed by atoms with Gasteiger partial charge in [-0.15, -0.1) is 0 Å². The lowest BCUT2D eigenvalue weighted by atomic mass is 9.49. The Labute approximate surface area is 130 Å². The summed E-state index contributed by atoms with van der Waals surface area (Å²) in [5.74, 6) is 8.45. The van der Waals surface area contributed by atoms with E-state index in [1.54, 1.807) is 6.07 Å². The number of anilines is 1. The molecule has 4 saturated carbocycles. The van der Waals surface area contributed by atoms with Gasteiger partial charge in [0.15, 0.2) is 0 Å². The highest BCUT2D eigenvalue weighted by molar-refractivity contribution is 6.33. The molecule has 4 heteroatoms. The van der Waals surface area contributed by atoms with Crippen LogP contribution < -0.4 is 10.9 Å². The van der Waals surface area contributed by atoms with Crippen molar-refractivity contribution in [2.24, 2.45) is 29.0 Å². The smallest absolute Gasteiger partial charge is 0.247 e. The zero-order valence-corrected chi connectivity index (χ0v) is 12.9. The van der Waals surface area contributed by atoms with Crippen LogP contribution in [0.25, 0.3) is 0 Å². The minimum Gasteiger partial charge on any atom is -0.272 e. The van der Waals surface area contributed by atoms with Gasteiger partial charge in [0.2, 0.25) is 5.91 Å². The number of hydrogen-bond donors (Lipinski definition) is 1. The molecule has 0 heterocycles. The fraction of sp³-hybridized carbons (Fsp3) is 0.588. The van der Waals surface area contributed by atoms with Crippen molar-refractivity contribution in [3.05, 3.63) is 29.3 Å². The Morgan fingerprint density at radius 1 is 1.10 bits per heavy atom. The largest absolute Gasteiger partial charge is 0.272 e. The predicted molar refractivity (Wildman–Crippen MR) is 83.7 cm³/mol. The molecule has 0 radical (unpaired) electrons. The minimum absolute atomic E-state index is 0.0784. The van der Waals surface area contributed by atoms with Crippen molar-refractivity contribution >= 4 is 23.2 Å². The van der Waals surface area contributed by atoms with Gasteiger partial charge >= 0.3 is 0 Å². The molecule has 0 atom stereocenters. The molecular weight excluding hydrogens is 284 g/mol. The van der Waals surface area contributed by atoms with Gasteiger partial charge in [-0.3, -0.25) is 4.79 Å². The topological polar surface area (TPSA) is 46.3 Å². The molecule has 3 nitrogen and oxygen atoms in total. The normalized spacial score (nSPS) is 36.8. The third-order valence-corrected chi connectivity index (χ3v) is 6.14. The van der Waals surface area contributed by atoms with Crippen molar-refractivity contribution < 1.29 is 4.79 Å². The molecule has 0 aliphatic heterocycles. The van der Waals surface area contributed by atoms with Crippen LogP contribution in [0.4, 0.5) is 5.69 Å². The number of nitrogens with zero attached hydrogens (tertiary/aromatic N) is 1. The Balaban J connectivity index is 1.64. The quantitative estimate of drug-likeness (QED) is 0.514. The molecule has 21 heavy (non-hydrogen) atoms. The number of benzene rings is 1. The first-order valence-electron chi connectivity index (χ1n) is 7.91. The molecule has 112 valence electrons. The summed E-state index contributed by atoms with van der Waals surface area (Å²) in [7, 11) is 0. The average molecular weight is 305 g/mol. The maximum atomic E-state index is 13.1. The van der Waals surface area contributed by atoms with Gasteiger partial charge in [-0.1, -0.05) is 23.7 Å². The summed E-state index contributed by atoms with van der Waals surface area (Å²) in [6, 6.07) is 7.33. The fourth-order valence-electron chi connectivity index (χ4n) is 5.38. The van der Waals surface area contributed by atoms with Gasteiger partial charge in [-0.05, 0) is 68.4 Å². The Bertz CT molecular complexity index is 551. The van der Waals surface area contributed by atoms with Crippen molar-refractivity contribution in [3.8, 4) is 0 Å². The minimum atomic E-state index is -0.220. The second-order valence-corrected chi connectivity index (χ2v) is 7.73. The number of para-hydroxylation sites is 1. The van der Waals surface area contributed by atoms with E-state index in [2.05, 4.69) is 0 Å². The zero-order chi connectivity index (χ0) is 14.6. The summed E-state index contributed by atoms with van der Waals surface area (Å²) in [6.07, 6.45) is 7.04. The van der Waals surface area contributed by atoms with Gasteiger partial charge in [0.1, 0.15) is 0 Å². The highest BCUT2D eigenvalue weighted by Crippen LogP contribution is 2.60. The van der Waals surface area contributed by atoms with Crippen LogP contribution >= 0.6 is 11.6 Å². The Morgan fingerprint density at radius 2 is 1.62 bits per heavy atom. The van der Waals surface area contributed by atoms with E-state index in [-0.39, 0.29) is 11.3 Å². The Kier molecular flexibility index (Phi) is 3.05. The first-order valence-corrected chi connectivity index (χ1v) is 8.29. The molecule has 1 aromatic rings. The molecule has 4 fully saturated rings. The molecule has 4 aliphatic rings. The van der Waals surface area contributed by atoms with Crippen LogP contribution in [0.3, 0.4) is 0 Å². The number of hydrazine groups is 1. The van der Waals surface area contributed by atoms with Crippen LogP contribution in [0.2, 0.25) is 5.02 Å². The third-order valence-electron chi connectivity index (χ3n) is 5.82. The number of amides is 1.